The number of nitrogens with zero attached hydrogens (tertiary/aromatic N) is 1. The van der Waals surface area contributed by atoms with Gasteiger partial charge in [-0.1, -0.05) is 0 Å². The van der Waals surface area contributed by atoms with Crippen molar-refractivity contribution in [3.05, 3.63) is 16.4 Å². The van der Waals surface area contributed by atoms with E-state index in [1.807, 2.05) is 0 Å². The Hall–Kier alpha value is -1.37. The van der Waals surface area contributed by atoms with Crippen molar-refractivity contribution in [1.82, 2.24) is 15.5 Å². The first-order chi connectivity index (χ1) is 6.61. The molecule has 0 atom stereocenters. The summed E-state index contributed by atoms with van der Waals surface area (Å²) < 4.78 is 0.477. The number of carboxylic acids is 1. The van der Waals surface area contributed by atoms with Gasteiger partial charge in [-0.3, -0.25) is 14.7 Å². The SMILES string of the molecule is O=C(O)CCNC(=O)c1cn[nH]c1Br. The lowest BCUT2D eigenvalue weighted by molar-refractivity contribution is -0.136. The number of aliphatic carboxylic acids is 1. The molecule has 0 fully saturated rings. The van der Waals surface area contributed by atoms with E-state index in [0.29, 0.717) is 10.2 Å². The van der Waals surface area contributed by atoms with E-state index < -0.39 is 5.97 Å². The summed E-state index contributed by atoms with van der Waals surface area (Å²) in [6.07, 6.45) is 1.27. The van der Waals surface area contributed by atoms with Crippen LogP contribution < -0.4 is 5.32 Å². The van der Waals surface area contributed by atoms with Crippen LogP contribution in [0.15, 0.2) is 10.8 Å². The fourth-order valence-electron chi connectivity index (χ4n) is 0.807. The molecule has 1 rings (SSSR count). The minimum absolute atomic E-state index is 0.0960. The molecule has 76 valence electrons. The molecule has 1 amide bonds. The topological polar surface area (TPSA) is 95.1 Å². The molecule has 14 heavy (non-hydrogen) atoms. The summed E-state index contributed by atoms with van der Waals surface area (Å²) in [5, 5.41) is 17.0. The van der Waals surface area contributed by atoms with Crippen LogP contribution in [-0.2, 0) is 4.79 Å². The molecule has 0 aliphatic carbocycles. The van der Waals surface area contributed by atoms with Crippen molar-refractivity contribution in [3.8, 4) is 0 Å². The van der Waals surface area contributed by atoms with Crippen LogP contribution in [0.25, 0.3) is 0 Å². The summed E-state index contributed by atoms with van der Waals surface area (Å²) in [6, 6.07) is 0. The number of carbonyl (C=O) groups excluding carboxylic acids is 1. The highest BCUT2D eigenvalue weighted by Gasteiger charge is 2.11. The molecular formula is C7H8BrN3O3. The molecule has 0 aliphatic rings. The molecular weight excluding hydrogens is 254 g/mol. The lowest BCUT2D eigenvalue weighted by Crippen LogP contribution is -2.25. The Bertz CT molecular complexity index is 350. The smallest absolute Gasteiger partial charge is 0.305 e. The highest BCUT2D eigenvalue weighted by Crippen LogP contribution is 2.11. The number of amides is 1. The highest BCUT2D eigenvalue weighted by molar-refractivity contribution is 9.10. The second-order valence-electron chi connectivity index (χ2n) is 2.50. The van der Waals surface area contributed by atoms with Gasteiger partial charge in [-0.2, -0.15) is 5.10 Å². The van der Waals surface area contributed by atoms with E-state index in [2.05, 4.69) is 31.4 Å². The lowest BCUT2D eigenvalue weighted by Gasteiger charge is -2.00. The summed E-state index contributed by atoms with van der Waals surface area (Å²) in [5.74, 6) is -1.30. The van der Waals surface area contributed by atoms with Gasteiger partial charge in [0.15, 0.2) is 0 Å². The van der Waals surface area contributed by atoms with Crippen molar-refractivity contribution in [1.29, 1.82) is 0 Å². The van der Waals surface area contributed by atoms with Gasteiger partial charge in [0, 0.05) is 6.54 Å². The second kappa shape index (κ2) is 4.75. The van der Waals surface area contributed by atoms with Gasteiger partial charge in [0.25, 0.3) is 5.91 Å². The number of aromatic nitrogens is 2. The minimum Gasteiger partial charge on any atom is -0.481 e. The zero-order valence-corrected chi connectivity index (χ0v) is 8.67. The van der Waals surface area contributed by atoms with Crippen molar-refractivity contribution in [2.24, 2.45) is 0 Å². The highest BCUT2D eigenvalue weighted by atomic mass is 79.9. The van der Waals surface area contributed by atoms with Gasteiger partial charge in [0.2, 0.25) is 0 Å². The zero-order chi connectivity index (χ0) is 10.6. The fraction of sp³-hybridized carbons (Fsp3) is 0.286. The molecule has 0 bridgehead atoms. The predicted molar refractivity (Wildman–Crippen MR) is 50.9 cm³/mol. The number of nitrogens with one attached hydrogen (secondary N) is 2. The Balaban J connectivity index is 2.44. The predicted octanol–water partition coefficient (Wildman–Crippen LogP) is 0.377. The monoisotopic (exact) mass is 261 g/mol. The number of aromatic amines is 1. The first-order valence-electron chi connectivity index (χ1n) is 3.80. The van der Waals surface area contributed by atoms with Crippen molar-refractivity contribution >= 4 is 27.8 Å². The number of H-pyrrole nitrogens is 1. The molecule has 0 aromatic carbocycles. The van der Waals surface area contributed by atoms with Crippen molar-refractivity contribution < 1.29 is 14.7 Å². The Morgan fingerprint density at radius 3 is 2.86 bits per heavy atom. The Kier molecular flexibility index (Phi) is 3.63. The van der Waals surface area contributed by atoms with E-state index in [1.165, 1.54) is 6.20 Å². The Labute approximate surface area is 87.8 Å². The molecule has 0 radical (unpaired) electrons. The molecule has 0 unspecified atom stereocenters. The van der Waals surface area contributed by atoms with Gasteiger partial charge in [-0.25, -0.2) is 0 Å². The van der Waals surface area contributed by atoms with Gasteiger partial charge in [0.05, 0.1) is 18.2 Å². The number of carbonyl (C=O) groups is 2. The van der Waals surface area contributed by atoms with Crippen LogP contribution in [0.4, 0.5) is 0 Å². The zero-order valence-electron chi connectivity index (χ0n) is 7.08. The summed E-state index contributed by atoms with van der Waals surface area (Å²) in [7, 11) is 0. The van der Waals surface area contributed by atoms with Gasteiger partial charge in [0.1, 0.15) is 4.60 Å². The minimum atomic E-state index is -0.948. The average molecular weight is 262 g/mol. The van der Waals surface area contributed by atoms with Gasteiger partial charge in [-0.15, -0.1) is 0 Å². The van der Waals surface area contributed by atoms with Crippen molar-refractivity contribution in [2.75, 3.05) is 6.54 Å². The van der Waals surface area contributed by atoms with E-state index in [-0.39, 0.29) is 18.9 Å². The molecule has 0 aliphatic heterocycles. The normalized spacial score (nSPS) is 9.79. The van der Waals surface area contributed by atoms with Crippen LogP contribution in [0.5, 0.6) is 0 Å². The standard InChI is InChI=1S/C7H8BrN3O3/c8-6-4(3-10-11-6)7(14)9-2-1-5(12)13/h3H,1-2H2,(H,9,14)(H,10,11)(H,12,13). The van der Waals surface area contributed by atoms with Crippen LogP contribution >= 0.6 is 15.9 Å². The average Bonchev–Trinajstić information content (AvgIpc) is 2.50. The molecule has 1 aromatic heterocycles. The molecule has 7 heteroatoms. The van der Waals surface area contributed by atoms with Crippen LogP contribution in [0.3, 0.4) is 0 Å². The maximum absolute atomic E-state index is 11.3. The van der Waals surface area contributed by atoms with E-state index in [4.69, 9.17) is 5.11 Å². The summed E-state index contributed by atoms with van der Waals surface area (Å²) in [5.41, 5.74) is 0.357. The number of carboxylic acid groups (broad SMARTS) is 1. The Morgan fingerprint density at radius 1 is 1.64 bits per heavy atom. The van der Waals surface area contributed by atoms with Gasteiger partial charge < -0.3 is 10.4 Å². The van der Waals surface area contributed by atoms with Crippen molar-refractivity contribution in [2.45, 2.75) is 6.42 Å². The number of rotatable bonds is 4. The lowest BCUT2D eigenvalue weighted by atomic mass is 10.3. The van der Waals surface area contributed by atoms with Gasteiger partial charge in [-0.05, 0) is 15.9 Å². The third-order valence-electron chi connectivity index (χ3n) is 1.46. The van der Waals surface area contributed by atoms with Crippen LogP contribution in [0.1, 0.15) is 16.8 Å². The second-order valence-corrected chi connectivity index (χ2v) is 3.29. The number of halogens is 1. The van der Waals surface area contributed by atoms with E-state index in [0.717, 1.165) is 0 Å². The maximum atomic E-state index is 11.3. The third kappa shape index (κ3) is 2.84. The first-order valence-corrected chi connectivity index (χ1v) is 4.59. The largest absolute Gasteiger partial charge is 0.481 e. The van der Waals surface area contributed by atoms with Crippen LogP contribution in [0, 0.1) is 0 Å². The molecule has 0 spiro atoms. The molecule has 1 heterocycles. The van der Waals surface area contributed by atoms with Crippen molar-refractivity contribution in [3.63, 3.8) is 0 Å². The third-order valence-corrected chi connectivity index (χ3v) is 2.07. The molecule has 1 aromatic rings. The quantitative estimate of drug-likeness (QED) is 0.730. The summed E-state index contributed by atoms with van der Waals surface area (Å²) in [6.45, 7) is 0.103. The molecule has 6 nitrogen and oxygen atoms in total. The molecule has 0 saturated carbocycles. The number of hydrogen-bond donors (Lipinski definition) is 3. The first kappa shape index (κ1) is 10.7. The fourth-order valence-corrected chi connectivity index (χ4v) is 1.19. The van der Waals surface area contributed by atoms with Crippen LogP contribution in [0.2, 0.25) is 0 Å². The van der Waals surface area contributed by atoms with Gasteiger partial charge >= 0.3 is 5.97 Å². The van der Waals surface area contributed by atoms with E-state index >= 15 is 0 Å². The Morgan fingerprint density at radius 2 is 2.36 bits per heavy atom. The summed E-state index contributed by atoms with van der Waals surface area (Å²) in [4.78, 5) is 21.5. The van der Waals surface area contributed by atoms with E-state index in [1.54, 1.807) is 0 Å². The maximum Gasteiger partial charge on any atom is 0.305 e. The van der Waals surface area contributed by atoms with Crippen LogP contribution in [-0.4, -0.2) is 33.7 Å². The van der Waals surface area contributed by atoms with E-state index in [9.17, 15) is 9.59 Å². The summed E-state index contributed by atoms with van der Waals surface area (Å²) >= 11 is 3.09. The molecule has 3 N–H and O–H groups in total. The molecule has 0 saturated heterocycles. The number of hydrogen-bond acceptors (Lipinski definition) is 3.